The number of hydrogen-bond donors (Lipinski definition) is 0. The molecule has 1 unspecified atom stereocenters. The lowest BCUT2D eigenvalue weighted by Gasteiger charge is -2.28. The minimum Gasteiger partial charge on any atom is -0.308 e. The fraction of sp³-hybridized carbons (Fsp3) is 0.409. The van der Waals surface area contributed by atoms with Crippen LogP contribution in [0.1, 0.15) is 32.8 Å². The number of sulfone groups is 1. The van der Waals surface area contributed by atoms with Crippen molar-refractivity contribution in [1.29, 1.82) is 0 Å². The van der Waals surface area contributed by atoms with Crippen LogP contribution in [0.5, 0.6) is 0 Å². The number of carbonyl (C=O) groups is 1. The molecule has 0 spiro atoms. The minimum absolute atomic E-state index is 0.0403. The second kappa shape index (κ2) is 8.29. The summed E-state index contributed by atoms with van der Waals surface area (Å²) in [5.41, 5.74) is 2.11. The maximum Gasteiger partial charge on any atom is 0.237 e. The summed E-state index contributed by atoms with van der Waals surface area (Å²) in [6.07, 6.45) is 0.494. The third kappa shape index (κ3) is 5.17. The number of para-hydroxylation sites is 1. The van der Waals surface area contributed by atoms with Crippen molar-refractivity contribution in [3.8, 4) is 0 Å². The highest BCUT2D eigenvalue weighted by molar-refractivity contribution is 8.00. The van der Waals surface area contributed by atoms with E-state index in [4.69, 9.17) is 0 Å². The zero-order chi connectivity index (χ0) is 20.4. The van der Waals surface area contributed by atoms with E-state index in [0.29, 0.717) is 6.42 Å². The average Bonchev–Trinajstić information content (AvgIpc) is 3.00. The van der Waals surface area contributed by atoms with Crippen molar-refractivity contribution in [3.63, 3.8) is 0 Å². The Morgan fingerprint density at radius 2 is 1.71 bits per heavy atom. The van der Waals surface area contributed by atoms with E-state index < -0.39 is 9.84 Å². The molecule has 1 atom stereocenters. The molecule has 2 aromatic rings. The lowest BCUT2D eigenvalue weighted by atomic mass is 9.87. The number of rotatable bonds is 5. The molecule has 0 saturated carbocycles. The lowest BCUT2D eigenvalue weighted by molar-refractivity contribution is -0.116. The van der Waals surface area contributed by atoms with Crippen molar-refractivity contribution in [2.24, 2.45) is 0 Å². The van der Waals surface area contributed by atoms with E-state index in [-0.39, 0.29) is 34.6 Å². The Bertz CT molecular complexity index is 917. The normalized spacial score (nSPS) is 18.8. The summed E-state index contributed by atoms with van der Waals surface area (Å²) < 4.78 is 23.9. The molecule has 1 aliphatic rings. The summed E-state index contributed by atoms with van der Waals surface area (Å²) in [6.45, 7) is 6.52. The van der Waals surface area contributed by atoms with E-state index in [9.17, 15) is 13.2 Å². The Morgan fingerprint density at radius 1 is 1.07 bits per heavy atom. The van der Waals surface area contributed by atoms with Crippen molar-refractivity contribution in [1.82, 2.24) is 0 Å². The Morgan fingerprint density at radius 3 is 2.25 bits per heavy atom. The van der Waals surface area contributed by atoms with Crippen LogP contribution in [-0.2, 0) is 20.0 Å². The van der Waals surface area contributed by atoms with Gasteiger partial charge in [-0.15, -0.1) is 11.8 Å². The fourth-order valence-electron chi connectivity index (χ4n) is 3.39. The lowest BCUT2D eigenvalue weighted by Crippen LogP contribution is -2.42. The van der Waals surface area contributed by atoms with Crippen LogP contribution in [0.15, 0.2) is 59.5 Å². The first-order valence-electron chi connectivity index (χ1n) is 9.47. The van der Waals surface area contributed by atoms with E-state index in [1.807, 2.05) is 42.5 Å². The van der Waals surface area contributed by atoms with Gasteiger partial charge in [-0.1, -0.05) is 51.1 Å². The summed E-state index contributed by atoms with van der Waals surface area (Å²) in [7, 11) is -3.07. The molecule has 1 saturated heterocycles. The molecule has 1 amide bonds. The van der Waals surface area contributed by atoms with Gasteiger partial charge < -0.3 is 4.90 Å². The molecule has 0 radical (unpaired) electrons. The van der Waals surface area contributed by atoms with Crippen molar-refractivity contribution < 1.29 is 13.2 Å². The third-order valence-corrected chi connectivity index (χ3v) is 7.71. The van der Waals surface area contributed by atoms with Crippen LogP contribution in [0.3, 0.4) is 0 Å². The monoisotopic (exact) mass is 417 g/mol. The molecule has 0 N–H and O–H groups in total. The molecule has 0 aromatic heterocycles. The quantitative estimate of drug-likeness (QED) is 0.681. The predicted molar refractivity (Wildman–Crippen MR) is 117 cm³/mol. The van der Waals surface area contributed by atoms with Crippen LogP contribution < -0.4 is 4.90 Å². The zero-order valence-corrected chi connectivity index (χ0v) is 18.2. The average molecular weight is 418 g/mol. The zero-order valence-electron chi connectivity index (χ0n) is 16.6. The summed E-state index contributed by atoms with van der Waals surface area (Å²) in [5.74, 6) is 0.410. The number of thioether (sulfide) groups is 1. The first-order valence-corrected chi connectivity index (χ1v) is 12.3. The minimum atomic E-state index is -3.07. The number of carbonyl (C=O) groups excluding carboxylic acids is 1. The van der Waals surface area contributed by atoms with Crippen molar-refractivity contribution in [3.05, 3.63) is 60.2 Å². The van der Waals surface area contributed by atoms with Gasteiger partial charge in [-0.05, 0) is 41.7 Å². The molecule has 1 aliphatic heterocycles. The molecule has 28 heavy (non-hydrogen) atoms. The molecular formula is C22H27NO3S2. The first kappa shape index (κ1) is 20.9. The van der Waals surface area contributed by atoms with Gasteiger partial charge in [0, 0.05) is 10.6 Å². The number of anilines is 1. The molecule has 1 fully saturated rings. The van der Waals surface area contributed by atoms with E-state index in [1.165, 1.54) is 17.3 Å². The number of nitrogens with zero attached hydrogens (tertiary/aromatic N) is 1. The van der Waals surface area contributed by atoms with Gasteiger partial charge in [0.2, 0.25) is 5.91 Å². The van der Waals surface area contributed by atoms with Crippen LogP contribution in [0.4, 0.5) is 5.69 Å². The van der Waals surface area contributed by atoms with Crippen LogP contribution >= 0.6 is 11.8 Å². The smallest absolute Gasteiger partial charge is 0.237 e. The molecule has 3 rings (SSSR count). The van der Waals surface area contributed by atoms with E-state index in [0.717, 1.165) is 10.6 Å². The highest BCUT2D eigenvalue weighted by atomic mass is 32.2. The molecule has 0 aliphatic carbocycles. The summed E-state index contributed by atoms with van der Waals surface area (Å²) in [6, 6.07) is 17.4. The van der Waals surface area contributed by atoms with Gasteiger partial charge in [-0.2, -0.15) is 0 Å². The number of benzene rings is 2. The fourth-order valence-corrected chi connectivity index (χ4v) is 5.85. The van der Waals surface area contributed by atoms with Gasteiger partial charge >= 0.3 is 0 Å². The van der Waals surface area contributed by atoms with Crippen LogP contribution in [0.2, 0.25) is 0 Å². The van der Waals surface area contributed by atoms with Gasteiger partial charge in [0.1, 0.15) is 0 Å². The predicted octanol–water partition coefficient (Wildman–Crippen LogP) is 4.30. The Hall–Kier alpha value is -1.79. The van der Waals surface area contributed by atoms with Crippen LogP contribution in [-0.4, -0.2) is 37.6 Å². The number of hydrogen-bond acceptors (Lipinski definition) is 4. The molecule has 4 nitrogen and oxygen atoms in total. The Kier molecular flexibility index (Phi) is 6.20. The van der Waals surface area contributed by atoms with Crippen molar-refractivity contribution >= 4 is 33.2 Å². The van der Waals surface area contributed by atoms with Gasteiger partial charge in [0.25, 0.3) is 0 Å². The number of amides is 1. The van der Waals surface area contributed by atoms with Gasteiger partial charge in [0.05, 0.1) is 23.3 Å². The maximum absolute atomic E-state index is 13.1. The van der Waals surface area contributed by atoms with Crippen molar-refractivity contribution in [2.45, 2.75) is 43.5 Å². The van der Waals surface area contributed by atoms with Crippen molar-refractivity contribution in [2.75, 3.05) is 22.2 Å². The molecule has 150 valence electrons. The second-order valence-electron chi connectivity index (χ2n) is 8.22. The first-order chi connectivity index (χ1) is 13.2. The Labute approximate surface area is 172 Å². The topological polar surface area (TPSA) is 54.5 Å². The second-order valence-corrected chi connectivity index (χ2v) is 11.5. The largest absolute Gasteiger partial charge is 0.308 e. The standard InChI is InChI=1S/C22H27NO3S2/c1-22(2,3)17-9-11-20(12-10-17)27-15-21(24)23(18-7-5-4-6-8-18)19-13-14-28(25,26)16-19/h4-12,19H,13-16H2,1-3H3. The molecule has 6 heteroatoms. The summed E-state index contributed by atoms with van der Waals surface area (Å²) in [5, 5.41) is 0. The van der Waals surface area contributed by atoms with Gasteiger partial charge in [-0.25, -0.2) is 8.42 Å². The van der Waals surface area contributed by atoms with Crippen LogP contribution in [0, 0.1) is 0 Å². The third-order valence-electron chi connectivity index (χ3n) is 4.96. The van der Waals surface area contributed by atoms with E-state index >= 15 is 0 Å². The van der Waals surface area contributed by atoms with E-state index in [1.54, 1.807) is 4.90 Å². The van der Waals surface area contributed by atoms with Gasteiger partial charge in [0.15, 0.2) is 9.84 Å². The molecule has 2 aromatic carbocycles. The highest BCUT2D eigenvalue weighted by Crippen LogP contribution is 2.28. The maximum atomic E-state index is 13.1. The molecule has 1 heterocycles. The molecular weight excluding hydrogens is 390 g/mol. The van der Waals surface area contributed by atoms with Gasteiger partial charge in [-0.3, -0.25) is 4.79 Å². The molecule has 0 bridgehead atoms. The van der Waals surface area contributed by atoms with E-state index in [2.05, 4.69) is 32.9 Å². The highest BCUT2D eigenvalue weighted by Gasteiger charge is 2.35. The summed E-state index contributed by atoms with van der Waals surface area (Å²) >= 11 is 1.49. The summed E-state index contributed by atoms with van der Waals surface area (Å²) in [4.78, 5) is 15.8. The van der Waals surface area contributed by atoms with Crippen LogP contribution in [0.25, 0.3) is 0 Å². The SMILES string of the molecule is CC(C)(C)c1ccc(SCC(=O)N(c2ccccc2)C2CCS(=O)(=O)C2)cc1. The Balaban J connectivity index is 1.73.